The molecule has 1 nitrogen and oxygen atoms in total. The van der Waals surface area contributed by atoms with E-state index in [1.165, 1.54) is 15.3 Å². The van der Waals surface area contributed by atoms with E-state index >= 15 is 0 Å². The van der Waals surface area contributed by atoms with Crippen molar-refractivity contribution in [2.45, 2.75) is 45.7 Å². The lowest BCUT2D eigenvalue weighted by Crippen LogP contribution is -2.17. The molecule has 0 amide bonds. The first-order valence-corrected chi connectivity index (χ1v) is 8.14. The number of rotatable bonds is 4. The van der Waals surface area contributed by atoms with Gasteiger partial charge < -0.3 is 5.32 Å². The standard InChI is InChI=1S/C17H22ClNS/c1-12(13-5-7-14(18)8-6-13)19-11-15-9-10-16(20-15)17(2,3)4/h5-10,12,19H,11H2,1-4H3/t12-/m1/s1. The maximum atomic E-state index is 5.92. The molecule has 1 atom stereocenters. The molecule has 0 aliphatic heterocycles. The quantitative estimate of drug-likeness (QED) is 0.781. The minimum atomic E-state index is 0.241. The summed E-state index contributed by atoms with van der Waals surface area (Å²) in [4.78, 5) is 2.82. The van der Waals surface area contributed by atoms with Gasteiger partial charge in [0, 0.05) is 27.4 Å². The Labute approximate surface area is 131 Å². The van der Waals surface area contributed by atoms with Gasteiger partial charge in [-0.25, -0.2) is 0 Å². The lowest BCUT2D eigenvalue weighted by atomic mass is 9.95. The predicted octanol–water partition coefficient (Wildman–Crippen LogP) is 5.55. The van der Waals surface area contributed by atoms with Crippen molar-refractivity contribution in [3.8, 4) is 0 Å². The third-order valence-electron chi connectivity index (χ3n) is 3.35. The van der Waals surface area contributed by atoms with Crippen LogP contribution in [0.1, 0.15) is 49.1 Å². The van der Waals surface area contributed by atoms with E-state index in [-0.39, 0.29) is 5.41 Å². The molecular weight excluding hydrogens is 286 g/mol. The van der Waals surface area contributed by atoms with Crippen LogP contribution in [0.5, 0.6) is 0 Å². The summed E-state index contributed by atoms with van der Waals surface area (Å²) in [5.74, 6) is 0. The molecule has 108 valence electrons. The number of hydrogen-bond acceptors (Lipinski definition) is 2. The summed E-state index contributed by atoms with van der Waals surface area (Å²) < 4.78 is 0. The molecule has 0 bridgehead atoms. The van der Waals surface area contributed by atoms with Crippen LogP contribution in [0.4, 0.5) is 0 Å². The molecular formula is C17H22ClNS. The second-order valence-corrected chi connectivity index (χ2v) is 7.77. The third kappa shape index (κ3) is 4.08. The van der Waals surface area contributed by atoms with Gasteiger partial charge in [-0.3, -0.25) is 0 Å². The summed E-state index contributed by atoms with van der Waals surface area (Å²) >= 11 is 7.81. The molecule has 0 spiro atoms. The predicted molar refractivity (Wildman–Crippen MR) is 89.7 cm³/mol. The highest BCUT2D eigenvalue weighted by Gasteiger charge is 2.16. The fourth-order valence-electron chi connectivity index (χ4n) is 2.00. The highest BCUT2D eigenvalue weighted by atomic mass is 35.5. The van der Waals surface area contributed by atoms with Crippen LogP contribution >= 0.6 is 22.9 Å². The fraction of sp³-hybridized carbons (Fsp3) is 0.412. The summed E-state index contributed by atoms with van der Waals surface area (Å²) in [6.45, 7) is 9.86. The zero-order valence-corrected chi connectivity index (χ0v) is 14.1. The van der Waals surface area contributed by atoms with Gasteiger partial charge >= 0.3 is 0 Å². The number of hydrogen-bond donors (Lipinski definition) is 1. The van der Waals surface area contributed by atoms with Crippen LogP contribution < -0.4 is 5.32 Å². The Morgan fingerprint density at radius 1 is 1.10 bits per heavy atom. The van der Waals surface area contributed by atoms with E-state index in [9.17, 15) is 0 Å². The lowest BCUT2D eigenvalue weighted by Gasteiger charge is -2.16. The fourth-order valence-corrected chi connectivity index (χ4v) is 3.14. The van der Waals surface area contributed by atoms with Gasteiger partial charge in [-0.1, -0.05) is 44.5 Å². The maximum Gasteiger partial charge on any atom is 0.0406 e. The summed E-state index contributed by atoms with van der Waals surface area (Å²) in [6, 6.07) is 12.8. The van der Waals surface area contributed by atoms with Gasteiger partial charge in [0.2, 0.25) is 0 Å². The smallest absolute Gasteiger partial charge is 0.0406 e. The van der Waals surface area contributed by atoms with Crippen LogP contribution in [0.15, 0.2) is 36.4 Å². The van der Waals surface area contributed by atoms with Crippen LogP contribution in [0, 0.1) is 0 Å². The van der Waals surface area contributed by atoms with Crippen LogP contribution in [-0.4, -0.2) is 0 Å². The Balaban J connectivity index is 1.95. The highest BCUT2D eigenvalue weighted by Crippen LogP contribution is 2.29. The van der Waals surface area contributed by atoms with E-state index in [4.69, 9.17) is 11.6 Å². The molecule has 2 rings (SSSR count). The van der Waals surface area contributed by atoms with E-state index in [0.717, 1.165) is 11.6 Å². The van der Waals surface area contributed by atoms with Crippen molar-refractivity contribution >= 4 is 22.9 Å². The Morgan fingerprint density at radius 3 is 2.30 bits per heavy atom. The molecule has 0 saturated carbocycles. The maximum absolute atomic E-state index is 5.92. The number of halogens is 1. The van der Waals surface area contributed by atoms with Gasteiger partial charge in [0.15, 0.2) is 0 Å². The number of thiophene rings is 1. The van der Waals surface area contributed by atoms with Gasteiger partial charge in [-0.2, -0.15) is 0 Å². The van der Waals surface area contributed by atoms with Crippen molar-refractivity contribution in [2.24, 2.45) is 0 Å². The average molecular weight is 308 g/mol. The molecule has 20 heavy (non-hydrogen) atoms. The second kappa shape index (κ2) is 6.30. The highest BCUT2D eigenvalue weighted by molar-refractivity contribution is 7.12. The Bertz CT molecular complexity index is 551. The Hall–Kier alpha value is -0.830. The summed E-state index contributed by atoms with van der Waals surface area (Å²) in [5, 5.41) is 4.35. The van der Waals surface area contributed by atoms with Crippen LogP contribution in [0.2, 0.25) is 5.02 Å². The van der Waals surface area contributed by atoms with Crippen molar-refractivity contribution < 1.29 is 0 Å². The van der Waals surface area contributed by atoms with Gasteiger partial charge in [0.25, 0.3) is 0 Å². The normalized spacial score (nSPS) is 13.4. The molecule has 0 aliphatic carbocycles. The molecule has 2 aromatic rings. The molecule has 1 aromatic heterocycles. The van der Waals surface area contributed by atoms with E-state index < -0.39 is 0 Å². The Morgan fingerprint density at radius 2 is 1.75 bits per heavy atom. The van der Waals surface area contributed by atoms with E-state index in [1.54, 1.807) is 0 Å². The monoisotopic (exact) mass is 307 g/mol. The topological polar surface area (TPSA) is 12.0 Å². The molecule has 3 heteroatoms. The van der Waals surface area contributed by atoms with Gasteiger partial charge in [-0.05, 0) is 42.2 Å². The van der Waals surface area contributed by atoms with Gasteiger partial charge in [0.05, 0.1) is 0 Å². The summed E-state index contributed by atoms with van der Waals surface area (Å²) in [6.07, 6.45) is 0. The first kappa shape index (κ1) is 15.6. The molecule has 0 fully saturated rings. The summed E-state index contributed by atoms with van der Waals surface area (Å²) in [5.41, 5.74) is 1.51. The number of benzene rings is 1. The molecule has 0 radical (unpaired) electrons. The van der Waals surface area contributed by atoms with E-state index in [0.29, 0.717) is 6.04 Å². The first-order valence-electron chi connectivity index (χ1n) is 6.94. The Kier molecular flexibility index (Phi) is 4.90. The molecule has 0 saturated heterocycles. The SMILES string of the molecule is C[C@@H](NCc1ccc(C(C)(C)C)s1)c1ccc(Cl)cc1. The van der Waals surface area contributed by atoms with Crippen LogP contribution in [0.3, 0.4) is 0 Å². The van der Waals surface area contributed by atoms with Crippen molar-refractivity contribution in [3.63, 3.8) is 0 Å². The van der Waals surface area contributed by atoms with Crippen molar-refractivity contribution in [3.05, 3.63) is 56.7 Å². The molecule has 1 aromatic carbocycles. The zero-order chi connectivity index (χ0) is 14.8. The van der Waals surface area contributed by atoms with E-state index in [2.05, 4.69) is 57.3 Å². The van der Waals surface area contributed by atoms with Gasteiger partial charge in [0.1, 0.15) is 0 Å². The van der Waals surface area contributed by atoms with Crippen LogP contribution in [0.25, 0.3) is 0 Å². The van der Waals surface area contributed by atoms with Crippen molar-refractivity contribution in [1.82, 2.24) is 5.32 Å². The average Bonchev–Trinajstić information content (AvgIpc) is 2.85. The molecule has 0 aliphatic rings. The number of nitrogens with one attached hydrogen (secondary N) is 1. The van der Waals surface area contributed by atoms with E-state index in [1.807, 2.05) is 23.5 Å². The third-order valence-corrected chi connectivity index (χ3v) is 5.12. The van der Waals surface area contributed by atoms with Crippen LogP contribution in [-0.2, 0) is 12.0 Å². The summed E-state index contributed by atoms with van der Waals surface area (Å²) in [7, 11) is 0. The molecule has 1 N–H and O–H groups in total. The molecule has 0 unspecified atom stereocenters. The zero-order valence-electron chi connectivity index (χ0n) is 12.5. The van der Waals surface area contributed by atoms with Crippen molar-refractivity contribution in [2.75, 3.05) is 0 Å². The van der Waals surface area contributed by atoms with Crippen molar-refractivity contribution in [1.29, 1.82) is 0 Å². The van der Waals surface area contributed by atoms with Gasteiger partial charge in [-0.15, -0.1) is 11.3 Å². The lowest BCUT2D eigenvalue weighted by molar-refractivity contribution is 0.579. The minimum absolute atomic E-state index is 0.241. The first-order chi connectivity index (χ1) is 9.36. The second-order valence-electron chi connectivity index (χ2n) is 6.17. The molecule has 1 heterocycles. The largest absolute Gasteiger partial charge is 0.305 e. The minimum Gasteiger partial charge on any atom is -0.305 e.